The zero-order chi connectivity index (χ0) is 25.9. The maximum Gasteiger partial charge on any atom is 0.255 e. The van der Waals surface area contributed by atoms with Gasteiger partial charge in [0.05, 0.1) is 31.0 Å². The SMILES string of the molecule is BC1(B)c2ncccc2C(=O)N1Cc1c(F)cc(-c2ccc(O[C@H]3CCOC3)c3nn(C)cc23)cc1F. The van der Waals surface area contributed by atoms with Crippen LogP contribution in [0.1, 0.15) is 28.0 Å². The molecule has 2 aromatic heterocycles. The molecule has 186 valence electrons. The second-order valence-electron chi connectivity index (χ2n) is 10.0. The highest BCUT2D eigenvalue weighted by Gasteiger charge is 2.44. The smallest absolute Gasteiger partial charge is 0.255 e. The van der Waals surface area contributed by atoms with E-state index in [4.69, 9.17) is 9.47 Å². The van der Waals surface area contributed by atoms with Crippen LogP contribution in [-0.4, -0.2) is 60.6 Å². The van der Waals surface area contributed by atoms with Crippen LogP contribution >= 0.6 is 0 Å². The fourth-order valence-electron chi connectivity index (χ4n) is 5.26. The van der Waals surface area contributed by atoms with Crippen LogP contribution in [0.5, 0.6) is 5.75 Å². The number of carbonyl (C=O) groups is 1. The van der Waals surface area contributed by atoms with Gasteiger partial charge in [0, 0.05) is 42.1 Å². The number of hydrogen-bond donors (Lipinski definition) is 0. The molecule has 37 heavy (non-hydrogen) atoms. The summed E-state index contributed by atoms with van der Waals surface area (Å²) in [6.45, 7) is 0.964. The maximum atomic E-state index is 15.5. The molecule has 1 fully saturated rings. The summed E-state index contributed by atoms with van der Waals surface area (Å²) in [5.41, 5.74) is 2.52. The molecule has 0 saturated carbocycles. The van der Waals surface area contributed by atoms with E-state index in [-0.39, 0.29) is 24.1 Å². The van der Waals surface area contributed by atoms with Gasteiger partial charge >= 0.3 is 0 Å². The van der Waals surface area contributed by atoms with Crippen molar-refractivity contribution in [3.63, 3.8) is 0 Å². The van der Waals surface area contributed by atoms with Gasteiger partial charge in [0.25, 0.3) is 5.91 Å². The first-order valence-corrected chi connectivity index (χ1v) is 12.2. The molecule has 1 saturated heterocycles. The van der Waals surface area contributed by atoms with E-state index in [2.05, 4.69) is 10.1 Å². The van der Waals surface area contributed by atoms with Crippen LogP contribution in [0.25, 0.3) is 22.0 Å². The number of amides is 1. The number of nitrogens with zero attached hydrogens (tertiary/aromatic N) is 4. The number of ether oxygens (including phenoxy) is 2. The summed E-state index contributed by atoms with van der Waals surface area (Å²) < 4.78 is 44.1. The molecule has 0 unspecified atom stereocenters. The van der Waals surface area contributed by atoms with Gasteiger partial charge in [-0.25, -0.2) is 8.78 Å². The van der Waals surface area contributed by atoms with E-state index in [0.717, 1.165) is 11.8 Å². The van der Waals surface area contributed by atoms with E-state index < -0.39 is 17.0 Å². The molecule has 1 atom stereocenters. The van der Waals surface area contributed by atoms with Gasteiger partial charge in [0.2, 0.25) is 0 Å². The van der Waals surface area contributed by atoms with E-state index in [1.165, 1.54) is 17.0 Å². The van der Waals surface area contributed by atoms with Gasteiger partial charge in [-0.1, -0.05) is 0 Å². The number of benzene rings is 2. The van der Waals surface area contributed by atoms with Crippen LogP contribution in [-0.2, 0) is 23.7 Å². The third-order valence-electron chi connectivity index (χ3n) is 7.24. The van der Waals surface area contributed by atoms with Crippen molar-refractivity contribution in [2.75, 3.05) is 13.2 Å². The fraction of sp³-hybridized carbons (Fsp3) is 0.269. The first-order valence-electron chi connectivity index (χ1n) is 12.2. The Bertz CT molecular complexity index is 1530. The number of aryl methyl sites for hydroxylation is 1. The molecule has 11 heteroatoms. The molecule has 0 spiro atoms. The van der Waals surface area contributed by atoms with E-state index in [0.29, 0.717) is 46.9 Å². The Morgan fingerprint density at radius 1 is 1.19 bits per heavy atom. The van der Waals surface area contributed by atoms with Gasteiger partial charge in [-0.15, -0.1) is 0 Å². The first kappa shape index (κ1) is 23.7. The summed E-state index contributed by atoms with van der Waals surface area (Å²) >= 11 is 0. The van der Waals surface area contributed by atoms with E-state index >= 15 is 8.78 Å². The zero-order valence-corrected chi connectivity index (χ0v) is 20.8. The topological polar surface area (TPSA) is 69.5 Å². The van der Waals surface area contributed by atoms with Gasteiger partial charge in [-0.05, 0) is 47.5 Å². The van der Waals surface area contributed by atoms with Gasteiger partial charge < -0.3 is 14.4 Å². The Hall–Kier alpha value is -3.72. The molecule has 2 aromatic carbocycles. The van der Waals surface area contributed by atoms with Gasteiger partial charge in [-0.3, -0.25) is 14.5 Å². The van der Waals surface area contributed by atoms with Crippen molar-refractivity contribution < 1.29 is 23.0 Å². The molecular formula is C26H24B2F2N4O3. The minimum absolute atomic E-state index is 0.0517. The minimum atomic E-state index is -0.798. The Morgan fingerprint density at radius 2 is 1.97 bits per heavy atom. The molecule has 2 aliphatic rings. The Balaban J connectivity index is 1.35. The average Bonchev–Trinajstić information content (AvgIpc) is 3.56. The van der Waals surface area contributed by atoms with E-state index in [1.807, 2.05) is 21.9 Å². The lowest BCUT2D eigenvalue weighted by molar-refractivity contribution is 0.0727. The second-order valence-corrected chi connectivity index (χ2v) is 10.0. The first-order chi connectivity index (χ1) is 17.7. The highest BCUT2D eigenvalue weighted by atomic mass is 19.1. The van der Waals surface area contributed by atoms with Crippen LogP contribution in [0, 0.1) is 11.6 Å². The number of fused-ring (bicyclic) bond motifs is 2. The molecule has 0 N–H and O–H groups in total. The van der Waals surface area contributed by atoms with Gasteiger partial charge in [0.1, 0.15) is 44.7 Å². The lowest BCUT2D eigenvalue weighted by Gasteiger charge is -2.32. The highest BCUT2D eigenvalue weighted by molar-refractivity contribution is 6.42. The number of aromatic nitrogens is 3. The molecule has 0 bridgehead atoms. The van der Waals surface area contributed by atoms with E-state index in [9.17, 15) is 4.79 Å². The van der Waals surface area contributed by atoms with E-state index in [1.54, 1.807) is 42.2 Å². The third-order valence-corrected chi connectivity index (χ3v) is 7.24. The highest BCUT2D eigenvalue weighted by Crippen LogP contribution is 2.38. The predicted molar refractivity (Wildman–Crippen MR) is 139 cm³/mol. The molecule has 2 aliphatic heterocycles. The van der Waals surface area contributed by atoms with Crippen molar-refractivity contribution in [3.05, 3.63) is 77.2 Å². The molecular weight excluding hydrogens is 476 g/mol. The number of pyridine rings is 1. The lowest BCUT2D eigenvalue weighted by Crippen LogP contribution is -2.45. The lowest BCUT2D eigenvalue weighted by atomic mass is 9.59. The van der Waals surface area contributed by atoms with Crippen molar-refractivity contribution in [2.24, 2.45) is 7.05 Å². The Morgan fingerprint density at radius 3 is 2.68 bits per heavy atom. The van der Waals surface area contributed by atoms with Crippen LogP contribution in [0.2, 0.25) is 0 Å². The largest absolute Gasteiger partial charge is 0.486 e. The van der Waals surface area contributed by atoms with Gasteiger partial charge in [0.15, 0.2) is 0 Å². The quantitative estimate of drug-likeness (QED) is 0.393. The molecule has 0 aliphatic carbocycles. The molecule has 0 radical (unpaired) electrons. The molecule has 7 nitrogen and oxygen atoms in total. The van der Waals surface area contributed by atoms with Crippen molar-refractivity contribution in [2.45, 2.75) is 24.4 Å². The zero-order valence-electron chi connectivity index (χ0n) is 20.8. The summed E-state index contributed by atoms with van der Waals surface area (Å²) in [5.74, 6) is -1.13. The monoisotopic (exact) mass is 500 g/mol. The van der Waals surface area contributed by atoms with Crippen LogP contribution < -0.4 is 4.74 Å². The van der Waals surface area contributed by atoms with Crippen molar-refractivity contribution in [3.8, 4) is 16.9 Å². The average molecular weight is 500 g/mol. The fourth-order valence-corrected chi connectivity index (χ4v) is 5.26. The summed E-state index contributed by atoms with van der Waals surface area (Å²) in [6, 6.07) is 9.56. The number of rotatable bonds is 5. The van der Waals surface area contributed by atoms with Crippen LogP contribution in [0.3, 0.4) is 0 Å². The summed E-state index contributed by atoms with van der Waals surface area (Å²) in [5, 5.41) is 4.46. The molecule has 4 aromatic rings. The summed E-state index contributed by atoms with van der Waals surface area (Å²) in [6.07, 6.45) is 4.17. The van der Waals surface area contributed by atoms with Crippen molar-refractivity contribution >= 4 is 32.5 Å². The normalized spacial score (nSPS) is 18.5. The summed E-state index contributed by atoms with van der Waals surface area (Å²) in [4.78, 5) is 18.9. The number of hydrogen-bond acceptors (Lipinski definition) is 5. The Labute approximate surface area is 214 Å². The van der Waals surface area contributed by atoms with Crippen LogP contribution in [0.4, 0.5) is 8.78 Å². The molecule has 6 rings (SSSR count). The second kappa shape index (κ2) is 8.69. The predicted octanol–water partition coefficient (Wildman–Crippen LogP) is 2.11. The number of carbonyl (C=O) groups excluding carboxylic acids is 1. The standard InChI is InChI=1S/C26H24B2F2N4O3/c1-33-11-18-16(4-5-22(23(18)32-33)37-15-6-8-36-13-15)14-9-20(29)19(21(30)10-14)12-34-25(35)17-3-2-7-31-24(17)26(34,27)28/h2-5,7,9-11,15H,6,8,12-13,27-28H2,1H3/t15-/m0/s1. The van der Waals surface area contributed by atoms with Crippen molar-refractivity contribution in [1.29, 1.82) is 0 Å². The Kier molecular flexibility index (Phi) is 5.56. The van der Waals surface area contributed by atoms with Crippen LogP contribution in [0.15, 0.2) is 48.8 Å². The minimum Gasteiger partial charge on any atom is -0.486 e. The summed E-state index contributed by atoms with van der Waals surface area (Å²) in [7, 11) is 5.45. The third kappa shape index (κ3) is 3.89. The number of halogens is 2. The van der Waals surface area contributed by atoms with Gasteiger partial charge in [-0.2, -0.15) is 5.10 Å². The molecule has 1 amide bonds. The van der Waals surface area contributed by atoms with Crippen molar-refractivity contribution in [1.82, 2.24) is 19.7 Å². The molecule has 4 heterocycles. The maximum absolute atomic E-state index is 15.5.